The van der Waals surface area contributed by atoms with Crippen LogP contribution in [0.1, 0.15) is 18.9 Å². The van der Waals surface area contributed by atoms with E-state index in [0.717, 1.165) is 19.5 Å². The number of hydrogen-bond donors (Lipinski definition) is 1. The molecule has 2 amide bonds. The second kappa shape index (κ2) is 8.22. The average Bonchev–Trinajstić information content (AvgIpc) is 2.90. The molecule has 1 N–H and O–H groups in total. The summed E-state index contributed by atoms with van der Waals surface area (Å²) >= 11 is 1.53. The van der Waals surface area contributed by atoms with Gasteiger partial charge in [-0.1, -0.05) is 30.3 Å². The van der Waals surface area contributed by atoms with Crippen molar-refractivity contribution < 1.29 is 9.59 Å². The highest BCUT2D eigenvalue weighted by atomic mass is 32.2. The summed E-state index contributed by atoms with van der Waals surface area (Å²) in [6, 6.07) is 10.2. The second-order valence-corrected chi connectivity index (χ2v) is 6.95. The summed E-state index contributed by atoms with van der Waals surface area (Å²) in [7, 11) is 0. The molecule has 1 fully saturated rings. The van der Waals surface area contributed by atoms with E-state index in [4.69, 9.17) is 0 Å². The van der Waals surface area contributed by atoms with Gasteiger partial charge < -0.3 is 10.2 Å². The standard InChI is InChI=1S/C17H24N2O2S/c1-13(22-2)17(21)18-11-15-10-16(20)19(12-15)9-8-14-6-4-3-5-7-14/h3-7,13,15H,8-12H2,1-2H3,(H,18,21)/t13-,15-/m0/s1. The van der Waals surface area contributed by atoms with Crippen molar-refractivity contribution in [3.8, 4) is 0 Å². The molecule has 1 aliphatic rings. The van der Waals surface area contributed by atoms with Crippen molar-refractivity contribution in [3.05, 3.63) is 35.9 Å². The van der Waals surface area contributed by atoms with E-state index < -0.39 is 0 Å². The smallest absolute Gasteiger partial charge is 0.232 e. The summed E-state index contributed by atoms with van der Waals surface area (Å²) in [4.78, 5) is 25.7. The van der Waals surface area contributed by atoms with Crippen molar-refractivity contribution in [1.82, 2.24) is 10.2 Å². The molecule has 0 aromatic heterocycles. The minimum absolute atomic E-state index is 0.0358. The van der Waals surface area contributed by atoms with E-state index in [0.29, 0.717) is 13.0 Å². The number of carbonyl (C=O) groups excluding carboxylic acids is 2. The van der Waals surface area contributed by atoms with E-state index in [1.165, 1.54) is 17.3 Å². The fraction of sp³-hybridized carbons (Fsp3) is 0.529. The predicted molar refractivity (Wildman–Crippen MR) is 90.8 cm³/mol. The number of thioether (sulfide) groups is 1. The normalized spacial score (nSPS) is 19.3. The fourth-order valence-electron chi connectivity index (χ4n) is 2.61. The van der Waals surface area contributed by atoms with Crippen LogP contribution in [0.2, 0.25) is 0 Å². The quantitative estimate of drug-likeness (QED) is 0.835. The Labute approximate surface area is 136 Å². The summed E-state index contributed by atoms with van der Waals surface area (Å²) in [6.45, 7) is 4.00. The number of nitrogens with zero attached hydrogens (tertiary/aromatic N) is 1. The van der Waals surface area contributed by atoms with E-state index in [9.17, 15) is 9.59 Å². The van der Waals surface area contributed by atoms with Gasteiger partial charge in [-0.2, -0.15) is 11.8 Å². The molecule has 0 saturated carbocycles. The SMILES string of the molecule is CS[C@@H](C)C(=O)NC[C@@H]1CC(=O)N(CCc2ccccc2)C1. The van der Waals surface area contributed by atoms with Crippen LogP contribution in [0.5, 0.6) is 0 Å². The molecule has 1 aromatic carbocycles. The van der Waals surface area contributed by atoms with Gasteiger partial charge in [0.25, 0.3) is 0 Å². The number of likely N-dealkylation sites (tertiary alicyclic amines) is 1. The zero-order valence-corrected chi connectivity index (χ0v) is 14.1. The molecule has 1 heterocycles. The van der Waals surface area contributed by atoms with Crippen molar-refractivity contribution in [2.45, 2.75) is 25.0 Å². The molecule has 0 aliphatic carbocycles. The van der Waals surface area contributed by atoms with Gasteiger partial charge >= 0.3 is 0 Å². The Hall–Kier alpha value is -1.49. The maximum absolute atomic E-state index is 12.0. The van der Waals surface area contributed by atoms with Crippen LogP contribution in [0.25, 0.3) is 0 Å². The maximum Gasteiger partial charge on any atom is 0.232 e. The van der Waals surface area contributed by atoms with E-state index in [1.807, 2.05) is 36.3 Å². The summed E-state index contributed by atoms with van der Waals surface area (Å²) in [5.74, 6) is 0.497. The molecule has 0 spiro atoms. The summed E-state index contributed by atoms with van der Waals surface area (Å²) in [5, 5.41) is 2.92. The number of hydrogen-bond acceptors (Lipinski definition) is 3. The Balaban J connectivity index is 1.75. The van der Waals surface area contributed by atoms with Crippen LogP contribution in [-0.4, -0.2) is 47.9 Å². The molecule has 120 valence electrons. The maximum atomic E-state index is 12.0. The lowest BCUT2D eigenvalue weighted by Gasteiger charge is -2.17. The lowest BCUT2D eigenvalue weighted by Crippen LogP contribution is -2.35. The molecule has 0 bridgehead atoms. The van der Waals surface area contributed by atoms with Gasteiger partial charge in [-0.3, -0.25) is 9.59 Å². The highest BCUT2D eigenvalue weighted by molar-refractivity contribution is 7.99. The first-order chi connectivity index (χ1) is 10.6. The molecular weight excluding hydrogens is 296 g/mol. The first-order valence-electron chi connectivity index (χ1n) is 7.72. The number of amides is 2. The van der Waals surface area contributed by atoms with Crippen LogP contribution < -0.4 is 5.32 Å². The molecule has 4 nitrogen and oxygen atoms in total. The molecule has 0 unspecified atom stereocenters. The van der Waals surface area contributed by atoms with Gasteiger partial charge in [-0.15, -0.1) is 0 Å². The Bertz CT molecular complexity index is 507. The van der Waals surface area contributed by atoms with Gasteiger partial charge in [0.05, 0.1) is 5.25 Å². The van der Waals surface area contributed by atoms with Gasteiger partial charge in [0.15, 0.2) is 0 Å². The van der Waals surface area contributed by atoms with Crippen LogP contribution in [0.3, 0.4) is 0 Å². The van der Waals surface area contributed by atoms with E-state index in [2.05, 4.69) is 17.4 Å². The van der Waals surface area contributed by atoms with Crippen LogP contribution in [-0.2, 0) is 16.0 Å². The lowest BCUT2D eigenvalue weighted by molar-refractivity contribution is -0.127. The third-order valence-electron chi connectivity index (χ3n) is 4.10. The van der Waals surface area contributed by atoms with Gasteiger partial charge in [-0.25, -0.2) is 0 Å². The Morgan fingerprint density at radius 3 is 2.82 bits per heavy atom. The molecule has 5 heteroatoms. The Morgan fingerprint density at radius 1 is 1.41 bits per heavy atom. The largest absolute Gasteiger partial charge is 0.355 e. The van der Waals surface area contributed by atoms with Crippen molar-refractivity contribution >= 4 is 23.6 Å². The molecule has 2 rings (SSSR count). The van der Waals surface area contributed by atoms with Gasteiger partial charge in [0, 0.05) is 32.0 Å². The van der Waals surface area contributed by atoms with Crippen LogP contribution >= 0.6 is 11.8 Å². The molecule has 22 heavy (non-hydrogen) atoms. The first-order valence-corrected chi connectivity index (χ1v) is 9.01. The van der Waals surface area contributed by atoms with Crippen molar-refractivity contribution in [2.75, 3.05) is 25.9 Å². The molecule has 0 radical (unpaired) electrons. The highest BCUT2D eigenvalue weighted by Crippen LogP contribution is 2.18. The summed E-state index contributed by atoms with van der Waals surface area (Å²) in [5.41, 5.74) is 1.25. The monoisotopic (exact) mass is 320 g/mol. The van der Waals surface area contributed by atoms with Gasteiger partial charge in [0.2, 0.25) is 11.8 Å². The van der Waals surface area contributed by atoms with Crippen LogP contribution in [0.4, 0.5) is 0 Å². The highest BCUT2D eigenvalue weighted by Gasteiger charge is 2.29. The van der Waals surface area contributed by atoms with Gasteiger partial charge in [-0.05, 0) is 25.2 Å². The molecule has 1 aliphatic heterocycles. The number of rotatable bonds is 7. The van der Waals surface area contributed by atoms with Crippen molar-refractivity contribution in [1.29, 1.82) is 0 Å². The Morgan fingerprint density at radius 2 is 2.14 bits per heavy atom. The summed E-state index contributed by atoms with van der Waals surface area (Å²) in [6.07, 6.45) is 3.35. The van der Waals surface area contributed by atoms with Crippen LogP contribution in [0.15, 0.2) is 30.3 Å². The predicted octanol–water partition coefficient (Wildman–Crippen LogP) is 1.95. The number of nitrogens with one attached hydrogen (secondary N) is 1. The zero-order valence-electron chi connectivity index (χ0n) is 13.2. The summed E-state index contributed by atoms with van der Waals surface area (Å²) < 4.78 is 0. The fourth-order valence-corrected chi connectivity index (χ4v) is 2.91. The number of benzene rings is 1. The first kappa shape index (κ1) is 16.9. The minimum Gasteiger partial charge on any atom is -0.355 e. The van der Waals surface area contributed by atoms with Crippen LogP contribution in [0, 0.1) is 5.92 Å². The zero-order chi connectivity index (χ0) is 15.9. The average molecular weight is 320 g/mol. The third kappa shape index (κ3) is 4.77. The Kier molecular flexibility index (Phi) is 6.31. The molecule has 2 atom stereocenters. The second-order valence-electron chi connectivity index (χ2n) is 5.77. The molecule has 1 saturated heterocycles. The van der Waals surface area contributed by atoms with E-state index in [1.54, 1.807) is 0 Å². The third-order valence-corrected chi connectivity index (χ3v) is 5.02. The minimum atomic E-state index is -0.0358. The topological polar surface area (TPSA) is 49.4 Å². The van der Waals surface area contributed by atoms with Gasteiger partial charge in [0.1, 0.15) is 0 Å². The van der Waals surface area contributed by atoms with Crippen molar-refractivity contribution in [2.24, 2.45) is 5.92 Å². The molecule has 1 aromatic rings. The van der Waals surface area contributed by atoms with E-state index in [-0.39, 0.29) is 23.0 Å². The molecular formula is C17H24N2O2S. The van der Waals surface area contributed by atoms with Crippen molar-refractivity contribution in [3.63, 3.8) is 0 Å². The lowest BCUT2D eigenvalue weighted by atomic mass is 10.1. The number of carbonyl (C=O) groups is 2. The van der Waals surface area contributed by atoms with E-state index >= 15 is 0 Å².